The number of aromatic amines is 1. The number of nitrogens with zero attached hydrogens (tertiary/aromatic N) is 2. The summed E-state index contributed by atoms with van der Waals surface area (Å²) >= 11 is 1.07. The van der Waals surface area contributed by atoms with Gasteiger partial charge in [-0.2, -0.15) is 0 Å². The number of hydrogen-bond acceptors (Lipinski definition) is 5. The minimum absolute atomic E-state index is 0.0867. The standard InChI is InChI=1S/C20H16N4O2S/c21-17-9-15(14-6-5-12-3-1-2-4-13(12)7-14)8-16(10-17)19-22-20(24-23-19)27-11-18(25)26/h1-10H,11,21H2,(H,25,26)(H,22,23,24). The van der Waals surface area contributed by atoms with Crippen LogP contribution in [0.2, 0.25) is 0 Å². The molecule has 0 saturated carbocycles. The maximum Gasteiger partial charge on any atom is 0.313 e. The number of nitrogen functional groups attached to an aromatic ring is 1. The van der Waals surface area contributed by atoms with E-state index in [-0.39, 0.29) is 5.75 Å². The normalized spacial score (nSPS) is 11.0. The topological polar surface area (TPSA) is 105 Å². The van der Waals surface area contributed by atoms with Crippen molar-refractivity contribution in [2.45, 2.75) is 5.16 Å². The first kappa shape index (κ1) is 17.1. The Morgan fingerprint density at radius 2 is 1.78 bits per heavy atom. The van der Waals surface area contributed by atoms with E-state index in [1.807, 2.05) is 30.3 Å². The molecule has 1 heterocycles. The molecule has 0 atom stereocenters. The van der Waals surface area contributed by atoms with Gasteiger partial charge in [-0.15, -0.1) is 5.10 Å². The van der Waals surface area contributed by atoms with E-state index >= 15 is 0 Å². The van der Waals surface area contributed by atoms with Crippen LogP contribution in [-0.4, -0.2) is 32.0 Å². The monoisotopic (exact) mass is 376 g/mol. The molecular formula is C20H16N4O2S. The number of fused-ring (bicyclic) bond motifs is 1. The van der Waals surface area contributed by atoms with Crippen molar-refractivity contribution >= 4 is 34.2 Å². The van der Waals surface area contributed by atoms with E-state index in [4.69, 9.17) is 10.8 Å². The van der Waals surface area contributed by atoms with E-state index in [0.29, 0.717) is 16.7 Å². The molecule has 27 heavy (non-hydrogen) atoms. The lowest BCUT2D eigenvalue weighted by Crippen LogP contribution is -1.97. The summed E-state index contributed by atoms with van der Waals surface area (Å²) in [6.45, 7) is 0. The molecule has 0 amide bonds. The number of carboxylic acid groups (broad SMARTS) is 1. The summed E-state index contributed by atoms with van der Waals surface area (Å²) < 4.78 is 0. The lowest BCUT2D eigenvalue weighted by atomic mass is 9.99. The maximum atomic E-state index is 10.7. The zero-order valence-corrected chi connectivity index (χ0v) is 15.0. The molecule has 0 aliphatic heterocycles. The largest absolute Gasteiger partial charge is 0.481 e. The number of anilines is 1. The van der Waals surface area contributed by atoms with E-state index in [1.165, 1.54) is 5.39 Å². The number of nitrogens with two attached hydrogens (primary N) is 1. The highest BCUT2D eigenvalue weighted by Crippen LogP contribution is 2.30. The minimum Gasteiger partial charge on any atom is -0.481 e. The van der Waals surface area contributed by atoms with Gasteiger partial charge in [0, 0.05) is 11.3 Å². The van der Waals surface area contributed by atoms with E-state index in [2.05, 4.69) is 45.5 Å². The summed E-state index contributed by atoms with van der Waals surface area (Å²) in [6, 6.07) is 20.2. The van der Waals surface area contributed by atoms with Crippen LogP contribution < -0.4 is 5.73 Å². The zero-order valence-electron chi connectivity index (χ0n) is 14.2. The number of aliphatic carboxylic acids is 1. The van der Waals surface area contributed by atoms with Gasteiger partial charge in [-0.05, 0) is 46.2 Å². The van der Waals surface area contributed by atoms with Crippen molar-refractivity contribution in [3.63, 3.8) is 0 Å². The Morgan fingerprint density at radius 3 is 2.59 bits per heavy atom. The third-order valence-corrected chi connectivity index (χ3v) is 4.93. The second-order valence-corrected chi connectivity index (χ2v) is 7.00. The number of benzene rings is 3. The van der Waals surface area contributed by atoms with E-state index in [1.54, 1.807) is 0 Å². The molecule has 3 aromatic carbocycles. The van der Waals surface area contributed by atoms with Gasteiger partial charge in [0.05, 0.1) is 5.75 Å². The van der Waals surface area contributed by atoms with Gasteiger partial charge in [0.2, 0.25) is 5.16 Å². The van der Waals surface area contributed by atoms with Gasteiger partial charge < -0.3 is 10.8 Å². The van der Waals surface area contributed by atoms with Gasteiger partial charge in [0.1, 0.15) is 0 Å². The van der Waals surface area contributed by atoms with Crippen molar-refractivity contribution in [1.29, 1.82) is 0 Å². The Morgan fingerprint density at radius 1 is 1.00 bits per heavy atom. The van der Waals surface area contributed by atoms with Crippen LogP contribution >= 0.6 is 11.8 Å². The van der Waals surface area contributed by atoms with E-state index in [0.717, 1.165) is 33.8 Å². The van der Waals surface area contributed by atoms with Crippen LogP contribution in [0.4, 0.5) is 5.69 Å². The number of hydrogen-bond donors (Lipinski definition) is 3. The number of H-pyrrole nitrogens is 1. The van der Waals surface area contributed by atoms with E-state index < -0.39 is 5.97 Å². The molecular weight excluding hydrogens is 360 g/mol. The molecule has 0 unspecified atom stereocenters. The molecule has 0 fully saturated rings. The van der Waals surface area contributed by atoms with Gasteiger partial charge in [0.15, 0.2) is 5.82 Å². The van der Waals surface area contributed by atoms with Crippen LogP contribution in [0.5, 0.6) is 0 Å². The van der Waals surface area contributed by atoms with Gasteiger partial charge >= 0.3 is 5.97 Å². The lowest BCUT2D eigenvalue weighted by Gasteiger charge is -2.08. The van der Waals surface area contributed by atoms with Crippen LogP contribution in [0.15, 0.2) is 65.8 Å². The minimum atomic E-state index is -0.908. The quantitative estimate of drug-likeness (QED) is 0.358. The van der Waals surface area contributed by atoms with Crippen molar-refractivity contribution in [2.75, 3.05) is 11.5 Å². The molecule has 0 saturated heterocycles. The average Bonchev–Trinajstić information content (AvgIpc) is 3.15. The molecule has 134 valence electrons. The molecule has 7 heteroatoms. The number of thioether (sulfide) groups is 1. The average molecular weight is 376 g/mol. The van der Waals surface area contributed by atoms with Gasteiger partial charge in [-0.1, -0.05) is 48.2 Å². The summed E-state index contributed by atoms with van der Waals surface area (Å²) in [5.74, 6) is -0.442. The fourth-order valence-corrected chi connectivity index (χ4v) is 3.41. The number of carbonyl (C=O) groups is 1. The van der Waals surface area contributed by atoms with Gasteiger partial charge in [-0.25, -0.2) is 4.98 Å². The van der Waals surface area contributed by atoms with Crippen LogP contribution in [0.1, 0.15) is 0 Å². The number of nitrogens with one attached hydrogen (secondary N) is 1. The SMILES string of the molecule is Nc1cc(-c2ccc3ccccc3c2)cc(-c2nc(SCC(=O)O)n[nH]2)c1. The fourth-order valence-electron chi connectivity index (χ4n) is 2.89. The first-order valence-corrected chi connectivity index (χ1v) is 9.24. The Balaban J connectivity index is 1.69. The van der Waals surface area contributed by atoms with Crippen LogP contribution in [0.25, 0.3) is 33.3 Å². The van der Waals surface area contributed by atoms with Crippen LogP contribution in [0, 0.1) is 0 Å². The third kappa shape index (κ3) is 3.78. The van der Waals surface area contributed by atoms with Crippen molar-refractivity contribution < 1.29 is 9.90 Å². The molecule has 0 spiro atoms. The first-order chi connectivity index (χ1) is 13.1. The van der Waals surface area contributed by atoms with Crippen molar-refractivity contribution in [2.24, 2.45) is 0 Å². The molecule has 0 radical (unpaired) electrons. The Bertz CT molecular complexity index is 1140. The van der Waals surface area contributed by atoms with Crippen LogP contribution in [0.3, 0.4) is 0 Å². The van der Waals surface area contributed by atoms with Gasteiger partial charge in [0.25, 0.3) is 0 Å². The van der Waals surface area contributed by atoms with Crippen molar-refractivity contribution in [3.05, 3.63) is 60.7 Å². The highest BCUT2D eigenvalue weighted by Gasteiger charge is 2.10. The number of carboxylic acids is 1. The molecule has 1 aromatic heterocycles. The summed E-state index contributed by atoms with van der Waals surface area (Å²) in [5.41, 5.74) is 9.56. The first-order valence-electron chi connectivity index (χ1n) is 8.25. The highest BCUT2D eigenvalue weighted by molar-refractivity contribution is 7.99. The lowest BCUT2D eigenvalue weighted by molar-refractivity contribution is -0.133. The Labute approximate surface area is 159 Å². The smallest absolute Gasteiger partial charge is 0.313 e. The summed E-state index contributed by atoms with van der Waals surface area (Å²) in [6.07, 6.45) is 0. The summed E-state index contributed by atoms with van der Waals surface area (Å²) in [7, 11) is 0. The molecule has 0 aliphatic rings. The second-order valence-electron chi connectivity index (χ2n) is 6.05. The molecule has 4 aromatic rings. The summed E-state index contributed by atoms with van der Waals surface area (Å²) in [4.78, 5) is 15.0. The number of aromatic nitrogens is 3. The predicted molar refractivity (Wildman–Crippen MR) is 108 cm³/mol. The van der Waals surface area contributed by atoms with Crippen LogP contribution in [-0.2, 0) is 4.79 Å². The predicted octanol–water partition coefficient (Wildman–Crippen LogP) is 4.05. The van der Waals surface area contributed by atoms with Gasteiger partial charge in [-0.3, -0.25) is 9.89 Å². The molecule has 0 aliphatic carbocycles. The highest BCUT2D eigenvalue weighted by atomic mass is 32.2. The zero-order chi connectivity index (χ0) is 18.8. The van der Waals surface area contributed by atoms with Crippen molar-refractivity contribution in [1.82, 2.24) is 15.2 Å². The summed E-state index contributed by atoms with van der Waals surface area (Å²) in [5, 5.41) is 18.4. The molecule has 0 bridgehead atoms. The Hall–Kier alpha value is -3.32. The fraction of sp³-hybridized carbons (Fsp3) is 0.0500. The molecule has 6 nitrogen and oxygen atoms in total. The van der Waals surface area contributed by atoms with E-state index in [9.17, 15) is 4.79 Å². The second kappa shape index (κ2) is 7.13. The third-order valence-electron chi connectivity index (χ3n) is 4.10. The maximum absolute atomic E-state index is 10.7. The van der Waals surface area contributed by atoms with Crippen molar-refractivity contribution in [3.8, 4) is 22.5 Å². The molecule has 4 rings (SSSR count). The Kier molecular flexibility index (Phi) is 4.52. The number of rotatable bonds is 5. The molecule has 4 N–H and O–H groups in total.